The highest BCUT2D eigenvalue weighted by Crippen LogP contribution is 2.37. The highest BCUT2D eigenvalue weighted by molar-refractivity contribution is 5.77. The van der Waals surface area contributed by atoms with Crippen molar-refractivity contribution >= 4 is 5.91 Å². The maximum absolute atomic E-state index is 12.4. The summed E-state index contributed by atoms with van der Waals surface area (Å²) >= 11 is 0. The monoisotopic (exact) mass is 422 g/mol. The molecule has 168 valence electrons. The van der Waals surface area contributed by atoms with Crippen molar-refractivity contribution in [1.29, 1.82) is 0 Å². The van der Waals surface area contributed by atoms with Crippen molar-refractivity contribution in [2.45, 2.75) is 62.4 Å². The van der Waals surface area contributed by atoms with Gasteiger partial charge in [-0.3, -0.25) is 9.69 Å². The standard InChI is InChI=1S/C22H34N2O6/c1-30-16-7-6-14-4-5-15(17(14)11-16)10-20(27)23-8-2-3-9-24-12-19(26)22(29)21(28)18(24)13-25/h6-7,11,15,18-19,21-22,25-26,28-29H,2-5,8-10,12-13H2,1H3,(H,23,27)/t15?,18-,19+,21-,22-/m1/s1. The number of aryl methyl sites for hydroxylation is 1. The second-order valence-corrected chi connectivity index (χ2v) is 8.35. The number of nitrogens with zero attached hydrogens (tertiary/aromatic N) is 1. The van der Waals surface area contributed by atoms with Gasteiger partial charge in [-0.05, 0) is 61.4 Å². The molecule has 5 N–H and O–H groups in total. The number of aliphatic hydroxyl groups is 4. The summed E-state index contributed by atoms with van der Waals surface area (Å²) in [5.41, 5.74) is 2.51. The van der Waals surface area contributed by atoms with E-state index in [0.29, 0.717) is 19.5 Å². The van der Waals surface area contributed by atoms with Crippen LogP contribution in [0.15, 0.2) is 18.2 Å². The van der Waals surface area contributed by atoms with Crippen molar-refractivity contribution in [1.82, 2.24) is 10.2 Å². The normalized spacial score (nSPS) is 28.9. The number of nitrogens with one attached hydrogen (secondary N) is 1. The van der Waals surface area contributed by atoms with E-state index in [0.717, 1.165) is 31.4 Å². The molecule has 0 aromatic heterocycles. The summed E-state index contributed by atoms with van der Waals surface area (Å²) in [7, 11) is 1.65. The molecule has 0 saturated carbocycles. The van der Waals surface area contributed by atoms with Gasteiger partial charge in [0.25, 0.3) is 0 Å². The summed E-state index contributed by atoms with van der Waals surface area (Å²) in [5.74, 6) is 1.08. The number of benzene rings is 1. The number of carbonyl (C=O) groups is 1. The van der Waals surface area contributed by atoms with E-state index in [9.17, 15) is 25.2 Å². The number of amides is 1. The predicted octanol–water partition coefficient (Wildman–Crippen LogP) is -0.229. The van der Waals surface area contributed by atoms with Crippen LogP contribution in [0.1, 0.15) is 42.7 Å². The van der Waals surface area contributed by atoms with Gasteiger partial charge >= 0.3 is 0 Å². The van der Waals surface area contributed by atoms with E-state index in [1.54, 1.807) is 12.0 Å². The largest absolute Gasteiger partial charge is 0.497 e. The second kappa shape index (κ2) is 10.5. The van der Waals surface area contributed by atoms with Gasteiger partial charge in [-0.15, -0.1) is 0 Å². The molecule has 1 heterocycles. The van der Waals surface area contributed by atoms with Gasteiger partial charge in [0.15, 0.2) is 0 Å². The predicted molar refractivity (Wildman–Crippen MR) is 111 cm³/mol. The molecule has 1 amide bonds. The van der Waals surface area contributed by atoms with Gasteiger partial charge in [0.05, 0.1) is 25.9 Å². The Labute approximate surface area is 177 Å². The average Bonchev–Trinajstić information content (AvgIpc) is 3.13. The van der Waals surface area contributed by atoms with Crippen LogP contribution in [0.3, 0.4) is 0 Å². The van der Waals surface area contributed by atoms with Crippen LogP contribution < -0.4 is 10.1 Å². The Morgan fingerprint density at radius 3 is 2.77 bits per heavy atom. The number of β-amino-alcohol motifs (C(OH)–C–C–N with tert-alkyl or cyclic N) is 1. The molecule has 1 aliphatic carbocycles. The third-order valence-corrected chi connectivity index (χ3v) is 6.40. The number of piperidine rings is 1. The third-order valence-electron chi connectivity index (χ3n) is 6.40. The molecule has 30 heavy (non-hydrogen) atoms. The quantitative estimate of drug-likeness (QED) is 0.349. The Balaban J connectivity index is 1.38. The zero-order valence-electron chi connectivity index (χ0n) is 17.5. The van der Waals surface area contributed by atoms with Crippen molar-refractivity contribution in [2.24, 2.45) is 0 Å². The van der Waals surface area contributed by atoms with Gasteiger partial charge in [-0.1, -0.05) is 6.07 Å². The van der Waals surface area contributed by atoms with Gasteiger partial charge in [-0.25, -0.2) is 0 Å². The zero-order valence-corrected chi connectivity index (χ0v) is 17.5. The van der Waals surface area contributed by atoms with Crippen LogP contribution in [-0.4, -0.2) is 88.9 Å². The van der Waals surface area contributed by atoms with Crippen molar-refractivity contribution in [3.63, 3.8) is 0 Å². The molecular weight excluding hydrogens is 388 g/mol. The highest BCUT2D eigenvalue weighted by Gasteiger charge is 2.40. The number of aliphatic hydroxyl groups excluding tert-OH is 4. The van der Waals surface area contributed by atoms with Crippen molar-refractivity contribution in [2.75, 3.05) is 33.4 Å². The zero-order chi connectivity index (χ0) is 21.7. The number of carbonyl (C=O) groups excluding carboxylic acids is 1. The first-order valence-electron chi connectivity index (χ1n) is 10.8. The minimum absolute atomic E-state index is 0.0378. The van der Waals surface area contributed by atoms with Gasteiger partial charge in [0, 0.05) is 19.5 Å². The van der Waals surface area contributed by atoms with Crippen molar-refractivity contribution in [3.05, 3.63) is 29.3 Å². The molecule has 8 nitrogen and oxygen atoms in total. The van der Waals surface area contributed by atoms with Crippen LogP contribution in [0.2, 0.25) is 0 Å². The molecule has 0 spiro atoms. The Morgan fingerprint density at radius 1 is 1.23 bits per heavy atom. The number of hydrogen-bond acceptors (Lipinski definition) is 7. The molecular formula is C22H34N2O6. The Kier molecular flexibility index (Phi) is 8.07. The van der Waals surface area contributed by atoms with E-state index in [-0.39, 0.29) is 25.0 Å². The van der Waals surface area contributed by atoms with Crippen molar-refractivity contribution < 1.29 is 30.0 Å². The van der Waals surface area contributed by atoms with Crippen LogP contribution in [0.5, 0.6) is 5.75 Å². The molecule has 1 aromatic carbocycles. The molecule has 0 radical (unpaired) electrons. The Morgan fingerprint density at radius 2 is 2.03 bits per heavy atom. The average molecular weight is 423 g/mol. The molecule has 1 fully saturated rings. The third kappa shape index (κ3) is 5.31. The van der Waals surface area contributed by atoms with Crippen LogP contribution in [0.4, 0.5) is 0 Å². The molecule has 3 rings (SSSR count). The fourth-order valence-electron chi connectivity index (χ4n) is 4.60. The first-order valence-corrected chi connectivity index (χ1v) is 10.8. The topological polar surface area (TPSA) is 122 Å². The number of unbranched alkanes of at least 4 members (excludes halogenated alkanes) is 1. The number of hydrogen-bond donors (Lipinski definition) is 5. The van der Waals surface area contributed by atoms with Crippen LogP contribution >= 0.6 is 0 Å². The number of fused-ring (bicyclic) bond motifs is 1. The van der Waals surface area contributed by atoms with Gasteiger partial charge < -0.3 is 30.5 Å². The first-order chi connectivity index (χ1) is 14.4. The van der Waals surface area contributed by atoms with Crippen LogP contribution in [0.25, 0.3) is 0 Å². The number of ether oxygens (including phenoxy) is 1. The second-order valence-electron chi connectivity index (χ2n) is 8.35. The number of rotatable bonds is 9. The SMILES string of the molecule is COc1ccc2c(c1)C(CC(=O)NCCCCN1C[C@H](O)[C@@H](O)[C@H](O)[C@H]1CO)CC2. The summed E-state index contributed by atoms with van der Waals surface area (Å²) < 4.78 is 5.30. The molecule has 1 aromatic rings. The summed E-state index contributed by atoms with van der Waals surface area (Å²) in [5, 5.41) is 42.1. The van der Waals surface area contributed by atoms with E-state index < -0.39 is 24.4 Å². The maximum atomic E-state index is 12.4. The number of likely N-dealkylation sites (tertiary alicyclic amines) is 1. The number of methoxy groups -OCH3 is 1. The fourth-order valence-corrected chi connectivity index (χ4v) is 4.60. The molecule has 1 saturated heterocycles. The van der Waals surface area contributed by atoms with Gasteiger partial charge in [0.2, 0.25) is 5.91 Å². The van der Waals surface area contributed by atoms with Crippen LogP contribution in [0, 0.1) is 0 Å². The highest BCUT2D eigenvalue weighted by atomic mass is 16.5. The van der Waals surface area contributed by atoms with Crippen molar-refractivity contribution in [3.8, 4) is 5.75 Å². The smallest absolute Gasteiger partial charge is 0.220 e. The summed E-state index contributed by atoms with van der Waals surface area (Å²) in [6, 6.07) is 5.50. The lowest BCUT2D eigenvalue weighted by atomic mass is 9.94. The van der Waals surface area contributed by atoms with E-state index in [4.69, 9.17) is 4.74 Å². The first kappa shape index (κ1) is 23.0. The van der Waals surface area contributed by atoms with Gasteiger partial charge in [0.1, 0.15) is 18.0 Å². The Hall–Kier alpha value is -1.71. The summed E-state index contributed by atoms with van der Waals surface area (Å²) in [4.78, 5) is 14.2. The Bertz CT molecular complexity index is 715. The molecule has 8 heteroatoms. The van der Waals surface area contributed by atoms with Crippen LogP contribution in [-0.2, 0) is 11.2 Å². The molecule has 0 bridgehead atoms. The fraction of sp³-hybridized carbons (Fsp3) is 0.682. The molecule has 1 aliphatic heterocycles. The lowest BCUT2D eigenvalue weighted by Crippen LogP contribution is -2.62. The van der Waals surface area contributed by atoms with E-state index in [2.05, 4.69) is 11.4 Å². The molecule has 1 unspecified atom stereocenters. The molecule has 2 aliphatic rings. The van der Waals surface area contributed by atoms with E-state index in [1.807, 2.05) is 12.1 Å². The lowest BCUT2D eigenvalue weighted by Gasteiger charge is -2.43. The lowest BCUT2D eigenvalue weighted by molar-refractivity contribution is -0.145. The van der Waals surface area contributed by atoms with Gasteiger partial charge in [-0.2, -0.15) is 0 Å². The summed E-state index contributed by atoms with van der Waals surface area (Å²) in [6.07, 6.45) is 0.491. The molecule has 5 atom stereocenters. The maximum Gasteiger partial charge on any atom is 0.220 e. The minimum atomic E-state index is -1.24. The van der Waals surface area contributed by atoms with E-state index >= 15 is 0 Å². The minimum Gasteiger partial charge on any atom is -0.497 e. The summed E-state index contributed by atoms with van der Waals surface area (Å²) in [6.45, 7) is 1.05. The van der Waals surface area contributed by atoms with E-state index in [1.165, 1.54) is 11.1 Å².